The molecule has 0 saturated heterocycles. The molecule has 1 aliphatic rings. The van der Waals surface area contributed by atoms with E-state index >= 15 is 0 Å². The van der Waals surface area contributed by atoms with Gasteiger partial charge in [0.2, 0.25) is 5.91 Å². The van der Waals surface area contributed by atoms with Crippen LogP contribution in [0, 0.1) is 5.82 Å². The van der Waals surface area contributed by atoms with E-state index in [4.69, 9.17) is 9.47 Å². The highest BCUT2D eigenvalue weighted by Gasteiger charge is 2.25. The molecule has 1 atom stereocenters. The monoisotopic (exact) mass is 393 g/mol. The number of hydrogen-bond acceptors (Lipinski definition) is 5. The number of fused-ring (bicyclic) bond motifs is 1. The average molecular weight is 393 g/mol. The average Bonchev–Trinajstić information content (AvgIpc) is 2.60. The van der Waals surface area contributed by atoms with E-state index in [1.54, 1.807) is 24.3 Å². The van der Waals surface area contributed by atoms with E-state index in [-0.39, 0.29) is 0 Å². The molecule has 0 saturated carbocycles. The summed E-state index contributed by atoms with van der Waals surface area (Å²) in [6.07, 6.45) is 1.50. The topological polar surface area (TPSA) is 81.7 Å². The van der Waals surface area contributed by atoms with Crippen molar-refractivity contribution in [2.45, 2.75) is 12.5 Å². The van der Waals surface area contributed by atoms with Gasteiger partial charge in [0, 0.05) is 23.8 Å². The highest BCUT2D eigenvalue weighted by atomic mass is 32.2. The molecule has 1 amide bonds. The zero-order chi connectivity index (χ0) is 19.6. The first-order chi connectivity index (χ1) is 12.8. The Bertz CT molecular complexity index is 974. The summed E-state index contributed by atoms with van der Waals surface area (Å²) in [6.45, 7) is 0.393. The van der Waals surface area contributed by atoms with Crippen LogP contribution in [0.5, 0.6) is 11.5 Å². The summed E-state index contributed by atoms with van der Waals surface area (Å²) in [4.78, 5) is 12.0. The van der Waals surface area contributed by atoms with Gasteiger partial charge in [-0.05, 0) is 35.9 Å². The van der Waals surface area contributed by atoms with Crippen molar-refractivity contribution in [2.75, 3.05) is 25.7 Å². The molecule has 0 fully saturated rings. The fraction of sp³-hybridized carbons (Fsp3) is 0.316. The highest BCUT2D eigenvalue weighted by Crippen LogP contribution is 2.37. The molecule has 0 radical (unpaired) electrons. The summed E-state index contributed by atoms with van der Waals surface area (Å²) in [5.41, 5.74) is 1.66. The van der Waals surface area contributed by atoms with Gasteiger partial charge in [0.25, 0.3) is 0 Å². The Morgan fingerprint density at radius 2 is 2.07 bits per heavy atom. The molecule has 144 valence electrons. The van der Waals surface area contributed by atoms with Crippen molar-refractivity contribution in [3.63, 3.8) is 0 Å². The Morgan fingerprint density at radius 1 is 1.30 bits per heavy atom. The lowest BCUT2D eigenvalue weighted by atomic mass is 9.95. The number of carbonyl (C=O) groups is 1. The molecule has 1 N–H and O–H groups in total. The molecular weight excluding hydrogens is 373 g/mol. The van der Waals surface area contributed by atoms with E-state index < -0.39 is 33.4 Å². The van der Waals surface area contributed by atoms with E-state index in [0.717, 1.165) is 6.26 Å². The Morgan fingerprint density at radius 3 is 2.78 bits per heavy atom. The first-order valence-electron chi connectivity index (χ1n) is 8.34. The van der Waals surface area contributed by atoms with Crippen molar-refractivity contribution in [3.8, 4) is 22.6 Å². The first kappa shape index (κ1) is 19.2. The smallest absolute Gasteiger partial charge is 0.235 e. The van der Waals surface area contributed by atoms with Crippen molar-refractivity contribution in [3.05, 3.63) is 47.8 Å². The molecule has 27 heavy (non-hydrogen) atoms. The third kappa shape index (κ3) is 4.57. The van der Waals surface area contributed by atoms with Crippen LogP contribution in [0.3, 0.4) is 0 Å². The number of amides is 1. The lowest BCUT2D eigenvalue weighted by Crippen LogP contribution is -2.35. The van der Waals surface area contributed by atoms with Gasteiger partial charge in [-0.1, -0.05) is 6.07 Å². The van der Waals surface area contributed by atoms with Crippen LogP contribution in [-0.4, -0.2) is 40.1 Å². The van der Waals surface area contributed by atoms with Crippen LogP contribution in [0.2, 0.25) is 0 Å². The molecule has 1 heterocycles. The van der Waals surface area contributed by atoms with Crippen molar-refractivity contribution < 1.29 is 27.1 Å². The Kier molecular flexibility index (Phi) is 5.36. The standard InChI is InChI=1S/C19H20FNO5S/c1-25-13-4-5-16(20)14(10-13)12-3-6-18-15(9-12)17(7-8-26-18)21-19(22)11-27(2,23)24/h3-6,9-10,17H,7-8,11H2,1-2H3,(H,21,22). The van der Waals surface area contributed by atoms with Gasteiger partial charge in [0.15, 0.2) is 9.84 Å². The van der Waals surface area contributed by atoms with Crippen LogP contribution >= 0.6 is 0 Å². The number of nitrogens with one attached hydrogen (secondary N) is 1. The molecule has 2 aromatic carbocycles. The summed E-state index contributed by atoms with van der Waals surface area (Å²) in [7, 11) is -1.92. The Balaban J connectivity index is 1.93. The van der Waals surface area contributed by atoms with Crippen molar-refractivity contribution in [1.29, 1.82) is 0 Å². The maximum Gasteiger partial charge on any atom is 0.235 e. The minimum absolute atomic E-state index is 0.365. The molecule has 0 aliphatic carbocycles. The summed E-state index contributed by atoms with van der Waals surface area (Å²) >= 11 is 0. The minimum Gasteiger partial charge on any atom is -0.497 e. The summed E-state index contributed by atoms with van der Waals surface area (Å²) in [5.74, 6) is -0.445. The van der Waals surface area contributed by atoms with E-state index in [0.29, 0.717) is 41.2 Å². The largest absolute Gasteiger partial charge is 0.497 e. The SMILES string of the molecule is COc1ccc(F)c(-c2ccc3c(c2)C(NC(=O)CS(C)(=O)=O)CCO3)c1. The molecule has 1 aliphatic heterocycles. The fourth-order valence-corrected chi connectivity index (χ4v) is 3.60. The lowest BCUT2D eigenvalue weighted by molar-refractivity contribution is -0.119. The van der Waals surface area contributed by atoms with Crippen molar-refractivity contribution in [2.24, 2.45) is 0 Å². The summed E-state index contributed by atoms with van der Waals surface area (Å²) < 4.78 is 47.7. The number of carbonyl (C=O) groups excluding carboxylic acids is 1. The quantitative estimate of drug-likeness (QED) is 0.844. The minimum atomic E-state index is -3.42. The molecule has 3 rings (SSSR count). The van der Waals surface area contributed by atoms with Crippen LogP contribution in [-0.2, 0) is 14.6 Å². The number of benzene rings is 2. The van der Waals surface area contributed by atoms with E-state index in [2.05, 4.69) is 5.32 Å². The second-order valence-electron chi connectivity index (χ2n) is 6.43. The highest BCUT2D eigenvalue weighted by molar-refractivity contribution is 7.91. The zero-order valence-corrected chi connectivity index (χ0v) is 15.8. The summed E-state index contributed by atoms with van der Waals surface area (Å²) in [6, 6.07) is 9.26. The summed E-state index contributed by atoms with van der Waals surface area (Å²) in [5, 5.41) is 2.73. The maximum atomic E-state index is 14.3. The van der Waals surface area contributed by atoms with E-state index in [1.165, 1.54) is 19.2 Å². The Labute approximate surface area is 157 Å². The Hall–Kier alpha value is -2.61. The molecule has 0 bridgehead atoms. The lowest BCUT2D eigenvalue weighted by Gasteiger charge is -2.27. The zero-order valence-electron chi connectivity index (χ0n) is 15.0. The molecule has 0 aromatic heterocycles. The van der Waals surface area contributed by atoms with Gasteiger partial charge in [0.1, 0.15) is 23.1 Å². The normalized spacial score (nSPS) is 16.2. The van der Waals surface area contributed by atoms with Gasteiger partial charge >= 0.3 is 0 Å². The number of methoxy groups -OCH3 is 1. The van der Waals surface area contributed by atoms with E-state index in [1.807, 2.05) is 0 Å². The predicted molar refractivity (Wildman–Crippen MR) is 99.1 cm³/mol. The van der Waals surface area contributed by atoms with Crippen LogP contribution in [0.15, 0.2) is 36.4 Å². The van der Waals surface area contributed by atoms with Crippen LogP contribution < -0.4 is 14.8 Å². The maximum absolute atomic E-state index is 14.3. The number of halogens is 1. The van der Waals surface area contributed by atoms with Gasteiger partial charge in [-0.3, -0.25) is 4.79 Å². The molecule has 6 nitrogen and oxygen atoms in total. The number of rotatable bonds is 5. The van der Waals surface area contributed by atoms with Crippen molar-refractivity contribution in [1.82, 2.24) is 5.32 Å². The van der Waals surface area contributed by atoms with Crippen molar-refractivity contribution >= 4 is 15.7 Å². The van der Waals surface area contributed by atoms with Crippen LogP contribution in [0.4, 0.5) is 4.39 Å². The van der Waals surface area contributed by atoms with Gasteiger partial charge in [-0.2, -0.15) is 0 Å². The second-order valence-corrected chi connectivity index (χ2v) is 8.57. The third-order valence-corrected chi connectivity index (χ3v) is 5.05. The third-order valence-electron chi connectivity index (χ3n) is 4.26. The number of ether oxygens (including phenoxy) is 2. The van der Waals surface area contributed by atoms with Gasteiger partial charge in [0.05, 0.1) is 19.8 Å². The van der Waals surface area contributed by atoms with Gasteiger partial charge in [-0.15, -0.1) is 0 Å². The fourth-order valence-electron chi connectivity index (χ4n) is 3.04. The van der Waals surface area contributed by atoms with E-state index in [9.17, 15) is 17.6 Å². The number of hydrogen-bond donors (Lipinski definition) is 1. The van der Waals surface area contributed by atoms with Gasteiger partial charge < -0.3 is 14.8 Å². The molecule has 2 aromatic rings. The number of sulfone groups is 1. The second kappa shape index (κ2) is 7.56. The van der Waals surface area contributed by atoms with Gasteiger partial charge in [-0.25, -0.2) is 12.8 Å². The molecule has 8 heteroatoms. The molecular formula is C19H20FNO5S. The van der Waals surface area contributed by atoms with Crippen LogP contribution in [0.1, 0.15) is 18.0 Å². The molecule has 0 spiro atoms. The predicted octanol–water partition coefficient (Wildman–Crippen LogP) is 2.49. The molecule has 1 unspecified atom stereocenters. The van der Waals surface area contributed by atoms with Crippen LogP contribution in [0.25, 0.3) is 11.1 Å². The first-order valence-corrected chi connectivity index (χ1v) is 10.4.